The molecule has 3 rings (SSSR count). The van der Waals surface area contributed by atoms with Gasteiger partial charge in [0.2, 0.25) is 0 Å². The van der Waals surface area contributed by atoms with Crippen molar-refractivity contribution in [3.05, 3.63) is 12.7 Å². The third-order valence-electron chi connectivity index (χ3n) is 5.68. The lowest BCUT2D eigenvalue weighted by molar-refractivity contribution is -0.0672. The van der Waals surface area contributed by atoms with Gasteiger partial charge in [0.1, 0.15) is 0 Å². The highest BCUT2D eigenvalue weighted by Gasteiger charge is 2.34. The molecule has 2 atom stereocenters. The molecule has 3 heteroatoms. The molecule has 0 radical (unpaired) electrons. The van der Waals surface area contributed by atoms with Crippen LogP contribution >= 0.6 is 0 Å². The second-order valence-electron chi connectivity index (χ2n) is 7.14. The summed E-state index contributed by atoms with van der Waals surface area (Å²) in [6.45, 7) is 10.7. The molecule has 0 N–H and O–H groups in total. The first kappa shape index (κ1) is 15.5. The molecule has 0 spiro atoms. The maximum absolute atomic E-state index is 6.07. The first-order chi connectivity index (χ1) is 10.4. The van der Waals surface area contributed by atoms with Gasteiger partial charge in [-0.05, 0) is 38.1 Å². The molecule has 2 saturated heterocycles. The van der Waals surface area contributed by atoms with Crippen LogP contribution in [-0.2, 0) is 4.74 Å². The molecule has 2 heterocycles. The lowest BCUT2D eigenvalue weighted by atomic mass is 9.89. The van der Waals surface area contributed by atoms with Crippen LogP contribution in [0.4, 0.5) is 0 Å². The number of hydrogen-bond acceptors (Lipinski definition) is 3. The molecule has 21 heavy (non-hydrogen) atoms. The summed E-state index contributed by atoms with van der Waals surface area (Å²) >= 11 is 0. The summed E-state index contributed by atoms with van der Waals surface area (Å²) < 4.78 is 6.07. The summed E-state index contributed by atoms with van der Waals surface area (Å²) in [5, 5.41) is 0. The molecular formula is C18H32N2O. The zero-order valence-electron chi connectivity index (χ0n) is 13.5. The van der Waals surface area contributed by atoms with Crippen LogP contribution in [0.1, 0.15) is 44.9 Å². The van der Waals surface area contributed by atoms with Crippen molar-refractivity contribution in [2.75, 3.05) is 39.3 Å². The van der Waals surface area contributed by atoms with Crippen LogP contribution in [-0.4, -0.2) is 61.3 Å². The van der Waals surface area contributed by atoms with E-state index >= 15 is 0 Å². The Morgan fingerprint density at radius 3 is 2.62 bits per heavy atom. The minimum Gasteiger partial charge on any atom is -0.375 e. The molecule has 3 fully saturated rings. The van der Waals surface area contributed by atoms with Gasteiger partial charge in [0.15, 0.2) is 0 Å². The summed E-state index contributed by atoms with van der Waals surface area (Å²) in [5.41, 5.74) is 0. The summed E-state index contributed by atoms with van der Waals surface area (Å²) in [4.78, 5) is 5.31. The number of rotatable bonds is 4. The smallest absolute Gasteiger partial charge is 0.0743 e. The van der Waals surface area contributed by atoms with Gasteiger partial charge in [0, 0.05) is 32.2 Å². The van der Waals surface area contributed by atoms with Crippen molar-refractivity contribution in [2.45, 2.75) is 57.1 Å². The third kappa shape index (κ3) is 4.08. The van der Waals surface area contributed by atoms with Crippen molar-refractivity contribution in [2.24, 2.45) is 5.92 Å². The summed E-state index contributed by atoms with van der Waals surface area (Å²) in [6.07, 6.45) is 12.3. The molecule has 0 aromatic rings. The molecule has 120 valence electrons. The maximum Gasteiger partial charge on any atom is 0.0743 e. The third-order valence-corrected chi connectivity index (χ3v) is 5.68. The van der Waals surface area contributed by atoms with E-state index in [-0.39, 0.29) is 0 Å². The highest BCUT2D eigenvalue weighted by atomic mass is 16.5. The van der Waals surface area contributed by atoms with Crippen LogP contribution < -0.4 is 0 Å². The number of ether oxygens (including phenoxy) is 1. The van der Waals surface area contributed by atoms with Crippen LogP contribution in [0.2, 0.25) is 0 Å². The van der Waals surface area contributed by atoms with Crippen LogP contribution in [0, 0.1) is 5.92 Å². The number of fused-ring (bicyclic) bond motifs is 1. The molecule has 0 aromatic carbocycles. The van der Waals surface area contributed by atoms with Crippen molar-refractivity contribution >= 4 is 0 Å². The van der Waals surface area contributed by atoms with Gasteiger partial charge in [0.25, 0.3) is 0 Å². The van der Waals surface area contributed by atoms with E-state index in [0.717, 1.165) is 25.6 Å². The van der Waals surface area contributed by atoms with Crippen LogP contribution in [0.3, 0.4) is 0 Å². The standard InChI is InChI=1S/C18H32N2O/c1-2-10-20-13-14-21-18-9-12-19(11-8-17(18)20)15-16-6-4-3-5-7-16/h2,16-18H,1,3-15H2. The molecule has 0 bridgehead atoms. The highest BCUT2D eigenvalue weighted by molar-refractivity contribution is 4.91. The monoisotopic (exact) mass is 292 g/mol. The zero-order chi connectivity index (χ0) is 14.5. The van der Waals surface area contributed by atoms with Gasteiger partial charge in [-0.2, -0.15) is 0 Å². The molecule has 0 aromatic heterocycles. The number of morpholine rings is 1. The van der Waals surface area contributed by atoms with E-state index in [1.165, 1.54) is 64.6 Å². The number of likely N-dealkylation sites (tertiary alicyclic amines) is 1. The van der Waals surface area contributed by atoms with E-state index in [9.17, 15) is 0 Å². The Bertz CT molecular complexity index is 327. The lowest BCUT2D eigenvalue weighted by Crippen LogP contribution is -2.51. The fourth-order valence-electron chi connectivity index (χ4n) is 4.52. The summed E-state index contributed by atoms with van der Waals surface area (Å²) in [7, 11) is 0. The molecule has 1 aliphatic carbocycles. The molecule has 3 nitrogen and oxygen atoms in total. The van der Waals surface area contributed by atoms with E-state index in [1.54, 1.807) is 0 Å². The Hall–Kier alpha value is -0.380. The van der Waals surface area contributed by atoms with E-state index in [0.29, 0.717) is 12.1 Å². The van der Waals surface area contributed by atoms with Crippen molar-refractivity contribution in [3.63, 3.8) is 0 Å². The van der Waals surface area contributed by atoms with Crippen LogP contribution in [0.25, 0.3) is 0 Å². The topological polar surface area (TPSA) is 15.7 Å². The SMILES string of the molecule is C=CCN1CCOC2CCN(CC3CCCCC3)CCC21. The minimum atomic E-state index is 0.454. The van der Waals surface area contributed by atoms with Crippen LogP contribution in [0.5, 0.6) is 0 Å². The Balaban J connectivity index is 1.53. The molecule has 2 unspecified atom stereocenters. The fourth-order valence-corrected chi connectivity index (χ4v) is 4.52. The molecular weight excluding hydrogens is 260 g/mol. The quantitative estimate of drug-likeness (QED) is 0.741. The Labute approximate surface area is 130 Å². The van der Waals surface area contributed by atoms with Gasteiger partial charge < -0.3 is 9.64 Å². The van der Waals surface area contributed by atoms with E-state index < -0.39 is 0 Å². The molecule has 0 amide bonds. The van der Waals surface area contributed by atoms with Gasteiger partial charge in [-0.1, -0.05) is 25.3 Å². The average molecular weight is 292 g/mol. The van der Waals surface area contributed by atoms with Gasteiger partial charge in [0.05, 0.1) is 12.7 Å². The first-order valence-electron chi connectivity index (χ1n) is 9.05. The predicted octanol–water partition coefficient (Wildman–Crippen LogP) is 2.92. The van der Waals surface area contributed by atoms with E-state index in [2.05, 4.69) is 16.4 Å². The zero-order valence-corrected chi connectivity index (χ0v) is 13.5. The van der Waals surface area contributed by atoms with Crippen molar-refractivity contribution < 1.29 is 4.74 Å². The predicted molar refractivity (Wildman–Crippen MR) is 87.5 cm³/mol. The average Bonchev–Trinajstić information content (AvgIpc) is 2.72. The van der Waals surface area contributed by atoms with E-state index in [4.69, 9.17) is 4.74 Å². The normalized spacial score (nSPS) is 33.3. The number of nitrogens with zero attached hydrogens (tertiary/aromatic N) is 2. The molecule has 2 aliphatic heterocycles. The van der Waals surface area contributed by atoms with Crippen molar-refractivity contribution in [1.29, 1.82) is 0 Å². The van der Waals surface area contributed by atoms with Crippen LogP contribution in [0.15, 0.2) is 12.7 Å². The second-order valence-corrected chi connectivity index (χ2v) is 7.14. The fraction of sp³-hybridized carbons (Fsp3) is 0.889. The largest absolute Gasteiger partial charge is 0.375 e. The summed E-state index contributed by atoms with van der Waals surface area (Å²) in [5.74, 6) is 0.962. The first-order valence-corrected chi connectivity index (χ1v) is 9.05. The van der Waals surface area contributed by atoms with Crippen molar-refractivity contribution in [3.8, 4) is 0 Å². The lowest BCUT2D eigenvalue weighted by Gasteiger charge is -2.39. The van der Waals surface area contributed by atoms with Gasteiger partial charge >= 0.3 is 0 Å². The second kappa shape index (κ2) is 7.75. The Morgan fingerprint density at radius 2 is 1.81 bits per heavy atom. The van der Waals surface area contributed by atoms with Gasteiger partial charge in [-0.15, -0.1) is 6.58 Å². The molecule has 1 saturated carbocycles. The van der Waals surface area contributed by atoms with Gasteiger partial charge in [-0.25, -0.2) is 0 Å². The van der Waals surface area contributed by atoms with E-state index in [1.807, 2.05) is 6.08 Å². The number of hydrogen-bond donors (Lipinski definition) is 0. The van der Waals surface area contributed by atoms with Gasteiger partial charge in [-0.3, -0.25) is 4.90 Å². The maximum atomic E-state index is 6.07. The Morgan fingerprint density at radius 1 is 1.00 bits per heavy atom. The Kier molecular flexibility index (Phi) is 5.73. The molecule has 3 aliphatic rings. The summed E-state index contributed by atoms with van der Waals surface area (Å²) in [6, 6.07) is 0.619. The highest BCUT2D eigenvalue weighted by Crippen LogP contribution is 2.27. The minimum absolute atomic E-state index is 0.454. The van der Waals surface area contributed by atoms with Crippen molar-refractivity contribution in [1.82, 2.24) is 9.80 Å².